The Hall–Kier alpha value is -2.24. The molecular weight excluding hydrogens is 242 g/mol. The van der Waals surface area contributed by atoms with E-state index in [1.807, 2.05) is 12.1 Å². The summed E-state index contributed by atoms with van der Waals surface area (Å²) in [5.41, 5.74) is 0.174. The van der Waals surface area contributed by atoms with Gasteiger partial charge < -0.3 is 10.0 Å². The number of anilines is 1. The van der Waals surface area contributed by atoms with Gasteiger partial charge >= 0.3 is 5.97 Å². The Morgan fingerprint density at radius 1 is 1.35 bits per heavy atom. The molecule has 0 aliphatic heterocycles. The fourth-order valence-electron chi connectivity index (χ4n) is 1.38. The van der Waals surface area contributed by atoms with E-state index in [1.54, 1.807) is 6.07 Å². The highest BCUT2D eigenvalue weighted by atomic mass is 35.5. The molecule has 1 N–H and O–H groups in total. The van der Waals surface area contributed by atoms with Crippen molar-refractivity contribution in [3.05, 3.63) is 28.8 Å². The predicted octanol–water partition coefficient (Wildman–Crippen LogP) is 1.89. The minimum absolute atomic E-state index is 0.0752. The first kappa shape index (κ1) is 12.8. The Morgan fingerprint density at radius 3 is 2.41 bits per heavy atom. The largest absolute Gasteiger partial charge is 0.478 e. The van der Waals surface area contributed by atoms with Crippen LogP contribution in [-0.2, 0) is 0 Å². The summed E-state index contributed by atoms with van der Waals surface area (Å²) in [6, 6.07) is 8.29. The van der Waals surface area contributed by atoms with Gasteiger partial charge in [0.15, 0.2) is 0 Å². The molecule has 86 valence electrons. The molecule has 0 saturated heterocycles. The van der Waals surface area contributed by atoms with E-state index >= 15 is 0 Å². The van der Waals surface area contributed by atoms with Gasteiger partial charge in [0.05, 0.1) is 22.8 Å². The van der Waals surface area contributed by atoms with Crippen LogP contribution in [0.15, 0.2) is 18.2 Å². The number of nitriles is 2. The first-order valence-corrected chi connectivity index (χ1v) is 5.00. The zero-order chi connectivity index (χ0) is 12.8. The van der Waals surface area contributed by atoms with Crippen molar-refractivity contribution >= 4 is 23.3 Å². The van der Waals surface area contributed by atoms with Gasteiger partial charge in [-0.1, -0.05) is 17.7 Å². The number of hydrogen-bond acceptors (Lipinski definition) is 4. The van der Waals surface area contributed by atoms with Crippen molar-refractivity contribution in [3.63, 3.8) is 0 Å². The van der Waals surface area contributed by atoms with Crippen molar-refractivity contribution in [3.8, 4) is 12.1 Å². The van der Waals surface area contributed by atoms with Gasteiger partial charge in [0.1, 0.15) is 18.7 Å². The third-order valence-corrected chi connectivity index (χ3v) is 2.38. The molecule has 5 nitrogen and oxygen atoms in total. The summed E-state index contributed by atoms with van der Waals surface area (Å²) in [6.45, 7) is -0.150. The number of aromatic carboxylic acids is 1. The Kier molecular flexibility index (Phi) is 4.33. The zero-order valence-electron chi connectivity index (χ0n) is 8.72. The minimum Gasteiger partial charge on any atom is -0.478 e. The molecule has 0 radical (unpaired) electrons. The summed E-state index contributed by atoms with van der Waals surface area (Å²) in [6.07, 6.45) is 0. The van der Waals surface area contributed by atoms with Gasteiger partial charge in [-0.15, -0.1) is 0 Å². The lowest BCUT2D eigenvalue weighted by atomic mass is 10.1. The van der Waals surface area contributed by atoms with Crippen LogP contribution in [0.4, 0.5) is 5.69 Å². The number of carboxylic acids is 1. The van der Waals surface area contributed by atoms with E-state index in [0.717, 1.165) is 0 Å². The lowest BCUT2D eigenvalue weighted by Crippen LogP contribution is -2.26. The van der Waals surface area contributed by atoms with Crippen molar-refractivity contribution in [2.24, 2.45) is 0 Å². The number of halogens is 1. The smallest absolute Gasteiger partial charge is 0.339 e. The molecule has 1 rings (SSSR count). The SMILES string of the molecule is N#CCN(CC#N)c1cccc(Cl)c1C(=O)O. The average Bonchev–Trinajstić information content (AvgIpc) is 2.28. The molecule has 0 saturated carbocycles. The first-order chi connectivity index (χ1) is 8.11. The molecule has 0 aliphatic carbocycles. The van der Waals surface area contributed by atoms with Crippen molar-refractivity contribution < 1.29 is 9.90 Å². The molecule has 0 aliphatic rings. The molecule has 0 atom stereocenters. The Morgan fingerprint density at radius 2 is 1.94 bits per heavy atom. The highest BCUT2D eigenvalue weighted by Crippen LogP contribution is 2.27. The van der Waals surface area contributed by atoms with E-state index in [4.69, 9.17) is 27.2 Å². The number of benzene rings is 1. The summed E-state index contributed by atoms with van der Waals surface area (Å²) >= 11 is 5.80. The normalized spacial score (nSPS) is 9.12. The average molecular weight is 250 g/mol. The number of carboxylic acid groups (broad SMARTS) is 1. The summed E-state index contributed by atoms with van der Waals surface area (Å²) in [5.74, 6) is -1.19. The third-order valence-electron chi connectivity index (χ3n) is 2.07. The number of nitrogens with zero attached hydrogens (tertiary/aromatic N) is 3. The molecule has 0 spiro atoms. The van der Waals surface area contributed by atoms with Gasteiger partial charge in [0, 0.05) is 0 Å². The van der Waals surface area contributed by atoms with Gasteiger partial charge in [-0.05, 0) is 12.1 Å². The van der Waals surface area contributed by atoms with Crippen LogP contribution in [0.2, 0.25) is 5.02 Å². The summed E-state index contributed by atoms with van der Waals surface area (Å²) in [4.78, 5) is 12.4. The maximum atomic E-state index is 11.1. The lowest BCUT2D eigenvalue weighted by Gasteiger charge is -2.20. The van der Waals surface area contributed by atoms with Crippen LogP contribution in [0, 0.1) is 22.7 Å². The van der Waals surface area contributed by atoms with Crippen LogP contribution in [0.5, 0.6) is 0 Å². The van der Waals surface area contributed by atoms with E-state index in [1.165, 1.54) is 17.0 Å². The van der Waals surface area contributed by atoms with Crippen molar-refractivity contribution in [2.75, 3.05) is 18.0 Å². The topological polar surface area (TPSA) is 88.1 Å². The zero-order valence-corrected chi connectivity index (χ0v) is 9.48. The van der Waals surface area contributed by atoms with Gasteiger partial charge in [-0.25, -0.2) is 4.79 Å². The summed E-state index contributed by atoms with van der Waals surface area (Å²) in [7, 11) is 0. The molecule has 1 aromatic carbocycles. The molecule has 17 heavy (non-hydrogen) atoms. The molecule has 0 unspecified atom stereocenters. The molecular formula is C11H8ClN3O2. The Labute approximate surface area is 103 Å². The van der Waals surface area contributed by atoms with Crippen LogP contribution in [0.1, 0.15) is 10.4 Å². The molecule has 0 fully saturated rings. The van der Waals surface area contributed by atoms with Crippen molar-refractivity contribution in [1.29, 1.82) is 10.5 Å². The Balaban J connectivity index is 3.29. The highest BCUT2D eigenvalue weighted by Gasteiger charge is 2.18. The quantitative estimate of drug-likeness (QED) is 0.823. The first-order valence-electron chi connectivity index (χ1n) is 4.62. The maximum absolute atomic E-state index is 11.1. The minimum atomic E-state index is -1.19. The van der Waals surface area contributed by atoms with Crippen molar-refractivity contribution in [1.82, 2.24) is 0 Å². The number of rotatable bonds is 4. The van der Waals surface area contributed by atoms with Gasteiger partial charge in [-0.2, -0.15) is 10.5 Å². The second kappa shape index (κ2) is 5.74. The van der Waals surface area contributed by atoms with Crippen molar-refractivity contribution in [2.45, 2.75) is 0 Å². The standard InChI is InChI=1S/C11H8ClN3O2/c12-8-2-1-3-9(10(8)11(16)17)15(6-4-13)7-5-14/h1-3H,6-7H2,(H,16,17). The number of carbonyl (C=O) groups is 1. The van der Waals surface area contributed by atoms with E-state index < -0.39 is 5.97 Å². The summed E-state index contributed by atoms with van der Waals surface area (Å²) in [5, 5.41) is 26.4. The highest BCUT2D eigenvalue weighted by molar-refractivity contribution is 6.34. The van der Waals surface area contributed by atoms with Gasteiger partial charge in [0.25, 0.3) is 0 Å². The van der Waals surface area contributed by atoms with Crippen LogP contribution < -0.4 is 4.90 Å². The second-order valence-electron chi connectivity index (χ2n) is 3.11. The molecule has 0 aromatic heterocycles. The Bertz CT molecular complexity index is 500. The maximum Gasteiger partial charge on any atom is 0.339 e. The molecule has 1 aromatic rings. The fourth-order valence-corrected chi connectivity index (χ4v) is 1.64. The third kappa shape index (κ3) is 2.87. The van der Waals surface area contributed by atoms with E-state index in [0.29, 0.717) is 0 Å². The molecule has 0 bridgehead atoms. The fraction of sp³-hybridized carbons (Fsp3) is 0.182. The van der Waals surface area contributed by atoms with E-state index in [9.17, 15) is 4.79 Å². The van der Waals surface area contributed by atoms with Crippen LogP contribution in [0.3, 0.4) is 0 Å². The monoisotopic (exact) mass is 249 g/mol. The van der Waals surface area contributed by atoms with Crippen LogP contribution in [-0.4, -0.2) is 24.2 Å². The van der Waals surface area contributed by atoms with E-state index in [-0.39, 0.29) is 29.4 Å². The second-order valence-corrected chi connectivity index (χ2v) is 3.52. The summed E-state index contributed by atoms with van der Waals surface area (Å²) < 4.78 is 0. The molecule has 0 heterocycles. The predicted molar refractivity (Wildman–Crippen MR) is 61.9 cm³/mol. The van der Waals surface area contributed by atoms with Crippen LogP contribution >= 0.6 is 11.6 Å². The lowest BCUT2D eigenvalue weighted by molar-refractivity contribution is 0.0698. The number of hydrogen-bond donors (Lipinski definition) is 1. The van der Waals surface area contributed by atoms with E-state index in [2.05, 4.69) is 0 Å². The molecule has 6 heteroatoms. The van der Waals surface area contributed by atoms with Gasteiger partial charge in [0.2, 0.25) is 0 Å². The van der Waals surface area contributed by atoms with Gasteiger partial charge in [-0.3, -0.25) is 0 Å². The van der Waals surface area contributed by atoms with Crippen LogP contribution in [0.25, 0.3) is 0 Å². The molecule has 0 amide bonds.